The van der Waals surface area contributed by atoms with Gasteiger partial charge in [-0.05, 0) is 31.2 Å². The normalized spacial score (nSPS) is 10.6. The molecule has 0 spiro atoms. The molecule has 0 saturated carbocycles. The number of nitro benzene ring substituents is 1. The quantitative estimate of drug-likeness (QED) is 0.511. The summed E-state index contributed by atoms with van der Waals surface area (Å²) in [6.45, 7) is 1.68. The molecule has 0 amide bonds. The van der Waals surface area contributed by atoms with Crippen LogP contribution in [0.2, 0.25) is 0 Å². The van der Waals surface area contributed by atoms with Gasteiger partial charge in [-0.2, -0.15) is 0 Å². The van der Waals surface area contributed by atoms with Gasteiger partial charge in [0, 0.05) is 27.2 Å². The Morgan fingerprint density at radius 3 is 2.41 bits per heavy atom. The summed E-state index contributed by atoms with van der Waals surface area (Å²) in [5.41, 5.74) is 1.90. The van der Waals surface area contributed by atoms with Gasteiger partial charge in [-0.3, -0.25) is 10.1 Å². The molecule has 1 heterocycles. The molecule has 0 aliphatic carbocycles. The number of halogens is 1. The molecule has 0 unspecified atom stereocenters. The minimum atomic E-state index is -0.426. The molecule has 0 fully saturated rings. The second-order valence-electron chi connectivity index (χ2n) is 4.68. The topological polar surface area (TPSA) is 82.1 Å². The van der Waals surface area contributed by atoms with E-state index in [0.717, 1.165) is 10.0 Å². The van der Waals surface area contributed by atoms with E-state index in [1.54, 1.807) is 19.1 Å². The summed E-state index contributed by atoms with van der Waals surface area (Å²) in [5, 5.41) is 19.0. The summed E-state index contributed by atoms with van der Waals surface area (Å²) in [7, 11) is 0. The van der Waals surface area contributed by atoms with Gasteiger partial charge in [0.15, 0.2) is 0 Å². The first-order chi connectivity index (χ1) is 10.5. The molecule has 6 nitrogen and oxygen atoms in total. The van der Waals surface area contributed by atoms with E-state index in [9.17, 15) is 10.1 Å². The van der Waals surface area contributed by atoms with Gasteiger partial charge < -0.3 is 4.42 Å². The number of aryl methyl sites for hydroxylation is 1. The molecular formula is C15H10BrN3O3. The summed E-state index contributed by atoms with van der Waals surface area (Å²) in [5.74, 6) is 0.609. The van der Waals surface area contributed by atoms with Crippen molar-refractivity contribution in [2.75, 3.05) is 0 Å². The van der Waals surface area contributed by atoms with Gasteiger partial charge in [0.05, 0.1) is 4.92 Å². The molecule has 0 N–H and O–H groups in total. The van der Waals surface area contributed by atoms with Gasteiger partial charge in [-0.1, -0.05) is 28.1 Å². The Kier molecular flexibility index (Phi) is 3.72. The first kappa shape index (κ1) is 14.4. The maximum Gasteiger partial charge on any atom is 0.273 e. The highest BCUT2D eigenvalue weighted by Gasteiger charge is 2.16. The van der Waals surface area contributed by atoms with E-state index in [-0.39, 0.29) is 11.6 Å². The molecule has 7 heteroatoms. The summed E-state index contributed by atoms with van der Waals surface area (Å²) in [6.07, 6.45) is 0. The Hall–Kier alpha value is -2.54. The second-order valence-corrected chi connectivity index (χ2v) is 5.60. The Balaban J connectivity index is 2.01. The van der Waals surface area contributed by atoms with E-state index in [2.05, 4.69) is 26.1 Å². The number of aromatic nitrogens is 2. The summed E-state index contributed by atoms with van der Waals surface area (Å²) in [4.78, 5) is 10.6. The third kappa shape index (κ3) is 2.75. The largest absolute Gasteiger partial charge is 0.416 e. The van der Waals surface area contributed by atoms with Gasteiger partial charge in [0.1, 0.15) is 0 Å². The molecule has 0 aliphatic rings. The lowest BCUT2D eigenvalue weighted by Gasteiger charge is -1.99. The van der Waals surface area contributed by atoms with Gasteiger partial charge >= 0.3 is 0 Å². The summed E-state index contributed by atoms with van der Waals surface area (Å²) >= 11 is 3.38. The lowest BCUT2D eigenvalue weighted by Crippen LogP contribution is -1.92. The lowest BCUT2D eigenvalue weighted by molar-refractivity contribution is -0.385. The summed E-state index contributed by atoms with van der Waals surface area (Å²) < 4.78 is 6.52. The highest BCUT2D eigenvalue weighted by molar-refractivity contribution is 9.10. The van der Waals surface area contributed by atoms with E-state index in [1.807, 2.05) is 24.3 Å². The number of nitro groups is 1. The molecule has 0 bridgehead atoms. The van der Waals surface area contributed by atoms with Crippen LogP contribution in [-0.2, 0) is 0 Å². The van der Waals surface area contributed by atoms with Crippen LogP contribution >= 0.6 is 15.9 Å². The van der Waals surface area contributed by atoms with Gasteiger partial charge in [0.2, 0.25) is 11.8 Å². The minimum absolute atomic E-state index is 0.0275. The molecule has 110 valence electrons. The smallest absolute Gasteiger partial charge is 0.273 e. The van der Waals surface area contributed by atoms with Crippen molar-refractivity contribution in [1.82, 2.24) is 10.2 Å². The first-order valence-electron chi connectivity index (χ1n) is 6.39. The SMILES string of the molecule is Cc1ccc(-c2nnc(-c3cccc(Br)c3)o2)cc1[N+](=O)[O-]. The fourth-order valence-corrected chi connectivity index (χ4v) is 2.42. The molecular weight excluding hydrogens is 350 g/mol. The van der Waals surface area contributed by atoms with E-state index in [0.29, 0.717) is 17.0 Å². The van der Waals surface area contributed by atoms with E-state index >= 15 is 0 Å². The van der Waals surface area contributed by atoms with Crippen LogP contribution in [0.25, 0.3) is 22.9 Å². The Morgan fingerprint density at radius 1 is 1.09 bits per heavy atom. The lowest BCUT2D eigenvalue weighted by atomic mass is 10.1. The van der Waals surface area contributed by atoms with Crippen molar-refractivity contribution in [2.24, 2.45) is 0 Å². The molecule has 0 saturated heterocycles. The van der Waals surface area contributed by atoms with E-state index in [1.165, 1.54) is 6.07 Å². The van der Waals surface area contributed by atoms with Crippen LogP contribution in [-0.4, -0.2) is 15.1 Å². The Morgan fingerprint density at radius 2 is 1.77 bits per heavy atom. The van der Waals surface area contributed by atoms with Gasteiger partial charge in [-0.25, -0.2) is 0 Å². The van der Waals surface area contributed by atoms with Crippen LogP contribution in [0, 0.1) is 17.0 Å². The molecule has 1 aromatic heterocycles. The zero-order valence-electron chi connectivity index (χ0n) is 11.5. The third-order valence-corrected chi connectivity index (χ3v) is 3.64. The average Bonchev–Trinajstić information content (AvgIpc) is 2.97. The molecule has 22 heavy (non-hydrogen) atoms. The predicted molar refractivity (Wildman–Crippen MR) is 84.3 cm³/mol. The van der Waals surface area contributed by atoms with Crippen LogP contribution in [0.3, 0.4) is 0 Å². The molecule has 3 rings (SSSR count). The minimum Gasteiger partial charge on any atom is -0.416 e. The monoisotopic (exact) mass is 359 g/mol. The van der Waals surface area contributed by atoms with E-state index < -0.39 is 4.92 Å². The second kappa shape index (κ2) is 5.69. The molecule has 0 atom stereocenters. The van der Waals surface area contributed by atoms with Crippen LogP contribution in [0.5, 0.6) is 0 Å². The van der Waals surface area contributed by atoms with Crippen molar-refractivity contribution < 1.29 is 9.34 Å². The molecule has 2 aromatic carbocycles. The fourth-order valence-electron chi connectivity index (χ4n) is 2.02. The Labute approximate surface area is 134 Å². The highest BCUT2D eigenvalue weighted by atomic mass is 79.9. The predicted octanol–water partition coefficient (Wildman–Crippen LogP) is 4.38. The first-order valence-corrected chi connectivity index (χ1v) is 7.19. The van der Waals surface area contributed by atoms with Crippen molar-refractivity contribution in [3.63, 3.8) is 0 Å². The maximum atomic E-state index is 11.0. The average molecular weight is 360 g/mol. The molecule has 0 radical (unpaired) electrons. The van der Waals surface area contributed by atoms with Gasteiger partial charge in [-0.15, -0.1) is 10.2 Å². The Bertz CT molecular complexity index is 861. The zero-order chi connectivity index (χ0) is 15.7. The summed E-state index contributed by atoms with van der Waals surface area (Å²) in [6, 6.07) is 12.3. The van der Waals surface area contributed by atoms with Crippen LogP contribution in [0.1, 0.15) is 5.56 Å². The van der Waals surface area contributed by atoms with Crippen LogP contribution in [0.4, 0.5) is 5.69 Å². The van der Waals surface area contributed by atoms with Crippen LogP contribution in [0.15, 0.2) is 51.4 Å². The fraction of sp³-hybridized carbons (Fsp3) is 0.0667. The zero-order valence-corrected chi connectivity index (χ0v) is 13.1. The van der Waals surface area contributed by atoms with Crippen molar-refractivity contribution in [1.29, 1.82) is 0 Å². The van der Waals surface area contributed by atoms with Crippen LogP contribution < -0.4 is 0 Å². The number of rotatable bonds is 3. The standard InChI is InChI=1S/C15H10BrN3O3/c1-9-5-6-11(8-13(9)19(20)21)15-18-17-14(22-15)10-3-2-4-12(16)7-10/h2-8H,1H3. The van der Waals surface area contributed by atoms with Crippen molar-refractivity contribution in [3.8, 4) is 22.9 Å². The third-order valence-electron chi connectivity index (χ3n) is 3.15. The molecule has 3 aromatic rings. The van der Waals surface area contributed by atoms with E-state index in [4.69, 9.17) is 4.42 Å². The maximum absolute atomic E-state index is 11.0. The number of nitrogens with zero attached hydrogens (tertiary/aromatic N) is 3. The number of benzene rings is 2. The van der Waals surface area contributed by atoms with Crippen molar-refractivity contribution in [3.05, 3.63) is 62.6 Å². The highest BCUT2D eigenvalue weighted by Crippen LogP contribution is 2.29. The van der Waals surface area contributed by atoms with Gasteiger partial charge in [0.25, 0.3) is 5.69 Å². The number of hydrogen-bond donors (Lipinski definition) is 0. The number of hydrogen-bond acceptors (Lipinski definition) is 5. The van der Waals surface area contributed by atoms with Crippen molar-refractivity contribution in [2.45, 2.75) is 6.92 Å². The molecule has 0 aliphatic heterocycles. The van der Waals surface area contributed by atoms with Crippen molar-refractivity contribution >= 4 is 21.6 Å².